The third-order valence-corrected chi connectivity index (χ3v) is 5.98. The predicted octanol–water partition coefficient (Wildman–Crippen LogP) is 4.54. The number of thiophene rings is 2. The molecule has 1 aromatic carbocycles. The van der Waals surface area contributed by atoms with Gasteiger partial charge in [-0.25, -0.2) is 0 Å². The highest BCUT2D eigenvalue weighted by molar-refractivity contribution is 7.28. The van der Waals surface area contributed by atoms with Gasteiger partial charge in [-0.2, -0.15) is 0 Å². The first-order valence-corrected chi connectivity index (χ1v) is 8.51. The van der Waals surface area contributed by atoms with Gasteiger partial charge in [-0.1, -0.05) is 0 Å². The maximum Gasteiger partial charge on any atom is 0.160 e. The van der Waals surface area contributed by atoms with Gasteiger partial charge in [0, 0.05) is 5.69 Å². The fourth-order valence-electron chi connectivity index (χ4n) is 2.71. The van der Waals surface area contributed by atoms with Gasteiger partial charge < -0.3 is 9.30 Å². The Hall–Kier alpha value is -2.44. The summed E-state index contributed by atoms with van der Waals surface area (Å²) in [6.07, 6.45) is 1.73. The zero-order chi connectivity index (χ0) is 16.0. The lowest BCUT2D eigenvalue weighted by Gasteiger charge is -2.07. The Morgan fingerprint density at radius 1 is 0.913 bits per heavy atom. The second-order valence-electron chi connectivity index (χ2n) is 5.00. The molecule has 114 valence electrons. The Bertz CT molecular complexity index is 978. The molecule has 6 heteroatoms. The third-order valence-electron chi connectivity index (χ3n) is 3.71. The minimum Gasteiger partial charge on any atom is -0.497 e. The van der Waals surface area contributed by atoms with E-state index in [1.54, 1.807) is 7.11 Å². The second kappa shape index (κ2) is 5.33. The molecule has 3 aromatic heterocycles. The Morgan fingerprint density at radius 3 is 1.87 bits per heavy atom. The average molecular weight is 341 g/mol. The number of carbonyl (C=O) groups excluding carboxylic acids is 2. The van der Waals surface area contributed by atoms with Crippen LogP contribution in [0.15, 0.2) is 36.4 Å². The Balaban J connectivity index is 2.06. The normalized spacial score (nSPS) is 11.2. The van der Waals surface area contributed by atoms with E-state index in [0.717, 1.165) is 44.4 Å². The number of aromatic nitrogens is 1. The van der Waals surface area contributed by atoms with Gasteiger partial charge in [0.2, 0.25) is 0 Å². The van der Waals surface area contributed by atoms with E-state index in [2.05, 4.69) is 4.57 Å². The first-order chi connectivity index (χ1) is 11.2. The second-order valence-corrected chi connectivity index (χ2v) is 7.16. The molecule has 4 rings (SSSR count). The number of aldehydes is 2. The molecule has 0 radical (unpaired) electrons. The van der Waals surface area contributed by atoms with E-state index in [9.17, 15) is 9.59 Å². The highest BCUT2D eigenvalue weighted by Gasteiger charge is 2.18. The predicted molar refractivity (Wildman–Crippen MR) is 93.9 cm³/mol. The van der Waals surface area contributed by atoms with Crippen molar-refractivity contribution >= 4 is 55.7 Å². The summed E-state index contributed by atoms with van der Waals surface area (Å²) in [6.45, 7) is 0. The molecule has 4 aromatic rings. The molecule has 0 aliphatic heterocycles. The molecule has 0 aliphatic carbocycles. The zero-order valence-electron chi connectivity index (χ0n) is 12.1. The number of fused-ring (bicyclic) bond motifs is 3. The molecule has 0 N–H and O–H groups in total. The molecule has 0 saturated carbocycles. The van der Waals surface area contributed by atoms with Crippen molar-refractivity contribution in [2.24, 2.45) is 0 Å². The van der Waals surface area contributed by atoms with Crippen LogP contribution in [0.25, 0.3) is 26.1 Å². The average Bonchev–Trinajstić information content (AvgIpc) is 3.24. The number of hydrogen-bond donors (Lipinski definition) is 0. The van der Waals surface area contributed by atoms with E-state index in [4.69, 9.17) is 4.74 Å². The van der Waals surface area contributed by atoms with Gasteiger partial charge in [0.25, 0.3) is 0 Å². The molecule has 0 saturated heterocycles. The van der Waals surface area contributed by atoms with Gasteiger partial charge >= 0.3 is 0 Å². The quantitative estimate of drug-likeness (QED) is 0.512. The van der Waals surface area contributed by atoms with Crippen LogP contribution in [-0.2, 0) is 0 Å². The maximum atomic E-state index is 11.1. The summed E-state index contributed by atoms with van der Waals surface area (Å²) >= 11 is 2.91. The largest absolute Gasteiger partial charge is 0.497 e. The number of carbonyl (C=O) groups is 2. The van der Waals surface area contributed by atoms with E-state index < -0.39 is 0 Å². The molecule has 0 unspecified atom stereocenters. The first kappa shape index (κ1) is 14.2. The smallest absolute Gasteiger partial charge is 0.160 e. The van der Waals surface area contributed by atoms with E-state index >= 15 is 0 Å². The van der Waals surface area contributed by atoms with E-state index in [1.165, 1.54) is 22.7 Å². The lowest BCUT2D eigenvalue weighted by Crippen LogP contribution is -1.93. The molecule has 0 aliphatic rings. The van der Waals surface area contributed by atoms with Gasteiger partial charge in [-0.3, -0.25) is 9.59 Å². The van der Waals surface area contributed by atoms with Crippen LogP contribution in [0.4, 0.5) is 0 Å². The SMILES string of the molecule is COc1ccc(-n2c3cc(C=O)sc3c3sc(C=O)cc32)cc1. The summed E-state index contributed by atoms with van der Waals surface area (Å²) in [5.74, 6) is 0.784. The summed E-state index contributed by atoms with van der Waals surface area (Å²) in [4.78, 5) is 23.6. The van der Waals surface area contributed by atoms with Crippen molar-refractivity contribution in [3.8, 4) is 11.4 Å². The fourth-order valence-corrected chi connectivity index (χ4v) is 4.78. The number of ether oxygens (including phenoxy) is 1. The van der Waals surface area contributed by atoms with Crippen LogP contribution < -0.4 is 4.74 Å². The van der Waals surface area contributed by atoms with Crippen LogP contribution in [0.5, 0.6) is 5.75 Å². The summed E-state index contributed by atoms with van der Waals surface area (Å²) in [6, 6.07) is 11.5. The Morgan fingerprint density at radius 2 is 1.43 bits per heavy atom. The van der Waals surface area contributed by atoms with Gasteiger partial charge in [-0.15, -0.1) is 22.7 Å². The zero-order valence-corrected chi connectivity index (χ0v) is 13.7. The van der Waals surface area contributed by atoms with E-state index in [1.807, 2.05) is 36.4 Å². The molecule has 0 atom stereocenters. The summed E-state index contributed by atoms with van der Waals surface area (Å²) < 4.78 is 9.36. The molecule has 0 bridgehead atoms. The number of rotatable bonds is 4. The van der Waals surface area contributed by atoms with Crippen LogP contribution in [0.2, 0.25) is 0 Å². The Labute approximate surface area is 139 Å². The van der Waals surface area contributed by atoms with Crippen molar-refractivity contribution in [3.63, 3.8) is 0 Å². The van der Waals surface area contributed by atoms with Crippen molar-refractivity contribution < 1.29 is 14.3 Å². The van der Waals surface area contributed by atoms with Crippen LogP contribution >= 0.6 is 22.7 Å². The van der Waals surface area contributed by atoms with Crippen molar-refractivity contribution in [1.29, 1.82) is 0 Å². The highest BCUT2D eigenvalue weighted by Crippen LogP contribution is 2.41. The molecular weight excluding hydrogens is 330 g/mol. The van der Waals surface area contributed by atoms with E-state index in [0.29, 0.717) is 9.75 Å². The number of hydrogen-bond acceptors (Lipinski definition) is 5. The monoisotopic (exact) mass is 341 g/mol. The molecule has 0 fully saturated rings. The minimum atomic E-state index is 0.681. The molecule has 0 amide bonds. The number of benzene rings is 1. The van der Waals surface area contributed by atoms with Crippen LogP contribution in [-0.4, -0.2) is 24.2 Å². The molecule has 3 heterocycles. The van der Waals surface area contributed by atoms with Gasteiger partial charge in [0.05, 0.1) is 37.3 Å². The Kier molecular flexibility index (Phi) is 3.28. The van der Waals surface area contributed by atoms with Gasteiger partial charge in [0.1, 0.15) is 5.75 Å². The van der Waals surface area contributed by atoms with Gasteiger partial charge in [0.15, 0.2) is 12.6 Å². The standard InChI is InChI=1S/C17H11NO3S2/c1-21-11-4-2-10(3-5-11)18-14-6-12(8-19)22-16(14)17-15(18)7-13(9-20)23-17/h2-9H,1H3. The molecule has 23 heavy (non-hydrogen) atoms. The highest BCUT2D eigenvalue weighted by atomic mass is 32.1. The maximum absolute atomic E-state index is 11.1. The first-order valence-electron chi connectivity index (χ1n) is 6.87. The van der Waals surface area contributed by atoms with Crippen molar-refractivity contribution in [3.05, 3.63) is 46.2 Å². The number of nitrogens with zero attached hydrogens (tertiary/aromatic N) is 1. The van der Waals surface area contributed by atoms with Crippen molar-refractivity contribution in [1.82, 2.24) is 4.57 Å². The molecule has 4 nitrogen and oxygen atoms in total. The van der Waals surface area contributed by atoms with Crippen LogP contribution in [0.1, 0.15) is 19.3 Å². The minimum absolute atomic E-state index is 0.681. The lowest BCUT2D eigenvalue weighted by molar-refractivity contribution is 0.111. The lowest BCUT2D eigenvalue weighted by atomic mass is 10.3. The van der Waals surface area contributed by atoms with Crippen LogP contribution in [0.3, 0.4) is 0 Å². The fraction of sp³-hybridized carbons (Fsp3) is 0.0588. The summed E-state index contributed by atoms with van der Waals surface area (Å²) in [5, 5.41) is 0. The summed E-state index contributed by atoms with van der Waals surface area (Å²) in [7, 11) is 1.63. The molecule has 0 spiro atoms. The summed E-state index contributed by atoms with van der Waals surface area (Å²) in [5.41, 5.74) is 2.94. The third kappa shape index (κ3) is 2.10. The van der Waals surface area contributed by atoms with Crippen molar-refractivity contribution in [2.45, 2.75) is 0 Å². The topological polar surface area (TPSA) is 48.3 Å². The molecular formula is C17H11NO3S2. The van der Waals surface area contributed by atoms with E-state index in [-0.39, 0.29) is 0 Å². The number of methoxy groups -OCH3 is 1. The van der Waals surface area contributed by atoms with Crippen molar-refractivity contribution in [2.75, 3.05) is 7.11 Å². The van der Waals surface area contributed by atoms with Crippen LogP contribution in [0, 0.1) is 0 Å². The van der Waals surface area contributed by atoms with Gasteiger partial charge in [-0.05, 0) is 36.4 Å².